The molecule has 0 spiro atoms. The van der Waals surface area contributed by atoms with Crippen molar-refractivity contribution < 1.29 is 18.3 Å². The standard InChI is InChI=1S/C12H17NO4S/c1-17-10-12(9-14)13-18(15,16)8-7-11-5-3-2-4-6-11/h2-8,12-14H,9-10H2,1H3/b8-7+. The van der Waals surface area contributed by atoms with Crippen LogP contribution >= 0.6 is 0 Å². The first-order valence-corrected chi connectivity index (χ1v) is 6.97. The molecule has 0 aromatic heterocycles. The van der Waals surface area contributed by atoms with Crippen LogP contribution in [0.2, 0.25) is 0 Å². The molecule has 1 rings (SSSR count). The summed E-state index contributed by atoms with van der Waals surface area (Å²) in [5.41, 5.74) is 0.787. The van der Waals surface area contributed by atoms with Gasteiger partial charge in [-0.1, -0.05) is 30.3 Å². The van der Waals surface area contributed by atoms with Crippen LogP contribution < -0.4 is 4.72 Å². The highest BCUT2D eigenvalue weighted by Gasteiger charge is 2.14. The summed E-state index contributed by atoms with van der Waals surface area (Å²) in [6, 6.07) is 8.45. The largest absolute Gasteiger partial charge is 0.395 e. The first-order valence-electron chi connectivity index (χ1n) is 5.42. The molecule has 5 nitrogen and oxygen atoms in total. The van der Waals surface area contributed by atoms with Crippen molar-refractivity contribution in [3.05, 3.63) is 41.3 Å². The van der Waals surface area contributed by atoms with E-state index in [0.29, 0.717) is 0 Å². The third-order valence-corrected chi connectivity index (χ3v) is 3.31. The van der Waals surface area contributed by atoms with Crippen LogP contribution in [0, 0.1) is 0 Å². The average molecular weight is 271 g/mol. The summed E-state index contributed by atoms with van der Waals surface area (Å²) in [5.74, 6) is 0. The number of nitrogens with one attached hydrogen (secondary N) is 1. The van der Waals surface area contributed by atoms with Crippen LogP contribution in [0.15, 0.2) is 35.7 Å². The first-order chi connectivity index (χ1) is 8.57. The predicted octanol–water partition coefficient (Wildman–Crippen LogP) is 0.584. The van der Waals surface area contributed by atoms with Crippen molar-refractivity contribution in [2.75, 3.05) is 20.3 Å². The van der Waals surface area contributed by atoms with Gasteiger partial charge in [0.05, 0.1) is 19.3 Å². The molecule has 0 fully saturated rings. The monoisotopic (exact) mass is 271 g/mol. The number of benzene rings is 1. The highest BCUT2D eigenvalue weighted by molar-refractivity contribution is 7.92. The minimum absolute atomic E-state index is 0.120. The summed E-state index contributed by atoms with van der Waals surface area (Å²) in [7, 11) is -2.14. The van der Waals surface area contributed by atoms with E-state index in [1.807, 2.05) is 18.2 Å². The van der Waals surface area contributed by atoms with Gasteiger partial charge in [0, 0.05) is 12.5 Å². The van der Waals surface area contributed by atoms with Crippen molar-refractivity contribution in [2.24, 2.45) is 0 Å². The van der Waals surface area contributed by atoms with Crippen LogP contribution in [0.25, 0.3) is 6.08 Å². The first kappa shape index (κ1) is 14.8. The fraction of sp³-hybridized carbons (Fsp3) is 0.333. The van der Waals surface area contributed by atoms with E-state index < -0.39 is 16.1 Å². The highest BCUT2D eigenvalue weighted by atomic mass is 32.2. The van der Waals surface area contributed by atoms with E-state index in [-0.39, 0.29) is 13.2 Å². The Morgan fingerprint density at radius 3 is 2.61 bits per heavy atom. The molecule has 1 atom stereocenters. The molecule has 0 bridgehead atoms. The Morgan fingerprint density at radius 2 is 2.06 bits per heavy atom. The molecule has 0 amide bonds. The van der Waals surface area contributed by atoms with E-state index in [2.05, 4.69) is 4.72 Å². The SMILES string of the molecule is COCC(CO)NS(=O)(=O)/C=C/c1ccccc1. The van der Waals surface area contributed by atoms with Crippen molar-refractivity contribution in [3.63, 3.8) is 0 Å². The third-order valence-electron chi connectivity index (χ3n) is 2.16. The maximum Gasteiger partial charge on any atom is 0.234 e. The van der Waals surface area contributed by atoms with E-state index in [4.69, 9.17) is 9.84 Å². The molecule has 1 aromatic rings. The van der Waals surface area contributed by atoms with E-state index >= 15 is 0 Å². The summed E-state index contributed by atoms with van der Waals surface area (Å²) in [4.78, 5) is 0. The summed E-state index contributed by atoms with van der Waals surface area (Å²) >= 11 is 0. The van der Waals surface area contributed by atoms with Crippen molar-refractivity contribution >= 4 is 16.1 Å². The van der Waals surface area contributed by atoms with Gasteiger partial charge in [0.25, 0.3) is 0 Å². The lowest BCUT2D eigenvalue weighted by Gasteiger charge is -2.13. The number of methoxy groups -OCH3 is 1. The lowest BCUT2D eigenvalue weighted by molar-refractivity contribution is 0.139. The Hall–Kier alpha value is -1.21. The van der Waals surface area contributed by atoms with Gasteiger partial charge in [-0.25, -0.2) is 13.1 Å². The van der Waals surface area contributed by atoms with Crippen molar-refractivity contribution in [3.8, 4) is 0 Å². The van der Waals surface area contributed by atoms with Crippen molar-refractivity contribution in [1.82, 2.24) is 4.72 Å². The highest BCUT2D eigenvalue weighted by Crippen LogP contribution is 2.03. The summed E-state index contributed by atoms with van der Waals surface area (Å²) in [6.07, 6.45) is 1.49. The van der Waals surface area contributed by atoms with Gasteiger partial charge in [-0.3, -0.25) is 0 Å². The maximum absolute atomic E-state index is 11.7. The second-order valence-corrected chi connectivity index (χ2v) is 5.31. The van der Waals surface area contributed by atoms with Gasteiger partial charge in [-0.2, -0.15) is 0 Å². The number of hydrogen-bond acceptors (Lipinski definition) is 4. The number of sulfonamides is 1. The molecule has 0 aliphatic carbocycles. The van der Waals surface area contributed by atoms with E-state index in [0.717, 1.165) is 11.0 Å². The summed E-state index contributed by atoms with van der Waals surface area (Å²) < 4.78 is 30.5. The quantitative estimate of drug-likeness (QED) is 0.761. The lowest BCUT2D eigenvalue weighted by Crippen LogP contribution is -2.39. The van der Waals surface area contributed by atoms with Gasteiger partial charge >= 0.3 is 0 Å². The lowest BCUT2D eigenvalue weighted by atomic mass is 10.2. The van der Waals surface area contributed by atoms with E-state index in [1.165, 1.54) is 13.2 Å². The molecule has 0 radical (unpaired) electrons. The Bertz CT molecular complexity index is 470. The number of ether oxygens (including phenoxy) is 1. The molecule has 100 valence electrons. The van der Waals surface area contributed by atoms with Gasteiger partial charge < -0.3 is 9.84 Å². The van der Waals surface area contributed by atoms with Gasteiger partial charge in [-0.05, 0) is 11.6 Å². The Labute approximate surface area is 107 Å². The minimum atomic E-state index is -3.58. The van der Waals surface area contributed by atoms with Crippen molar-refractivity contribution in [1.29, 1.82) is 0 Å². The zero-order valence-corrected chi connectivity index (χ0v) is 10.9. The Balaban J connectivity index is 2.67. The molecule has 0 saturated heterocycles. The van der Waals surface area contributed by atoms with Crippen LogP contribution in [0.5, 0.6) is 0 Å². The van der Waals surface area contributed by atoms with Crippen LogP contribution in [0.3, 0.4) is 0 Å². The topological polar surface area (TPSA) is 75.6 Å². The van der Waals surface area contributed by atoms with Crippen LogP contribution in [0.4, 0.5) is 0 Å². The molecular formula is C12H17NO4S. The minimum Gasteiger partial charge on any atom is -0.395 e. The third kappa shape index (κ3) is 5.42. The van der Waals surface area contributed by atoms with Crippen molar-refractivity contribution in [2.45, 2.75) is 6.04 Å². The zero-order valence-electron chi connectivity index (χ0n) is 10.1. The molecule has 2 N–H and O–H groups in total. The van der Waals surface area contributed by atoms with Gasteiger partial charge in [0.1, 0.15) is 0 Å². The smallest absolute Gasteiger partial charge is 0.234 e. The average Bonchev–Trinajstić information content (AvgIpc) is 2.37. The number of aliphatic hydroxyl groups is 1. The molecule has 0 heterocycles. The number of aliphatic hydroxyl groups excluding tert-OH is 1. The molecule has 0 aliphatic heterocycles. The predicted molar refractivity (Wildman–Crippen MR) is 70.3 cm³/mol. The Kier molecular flexibility index (Phi) is 6.00. The van der Waals surface area contributed by atoms with Crippen LogP contribution in [0.1, 0.15) is 5.56 Å². The molecule has 1 unspecified atom stereocenters. The molecule has 0 aliphatic rings. The second kappa shape index (κ2) is 7.27. The van der Waals surface area contributed by atoms with E-state index in [1.54, 1.807) is 12.1 Å². The molecular weight excluding hydrogens is 254 g/mol. The normalized spacial score (nSPS) is 13.9. The van der Waals surface area contributed by atoms with E-state index in [9.17, 15) is 8.42 Å². The van der Waals surface area contributed by atoms with Gasteiger partial charge in [-0.15, -0.1) is 0 Å². The summed E-state index contributed by atoms with van der Waals surface area (Å²) in [5, 5.41) is 10.0. The molecule has 6 heteroatoms. The Morgan fingerprint density at radius 1 is 1.39 bits per heavy atom. The van der Waals surface area contributed by atoms with Crippen LogP contribution in [-0.4, -0.2) is 39.9 Å². The zero-order chi connectivity index (χ0) is 13.4. The van der Waals surface area contributed by atoms with Gasteiger partial charge in [0.2, 0.25) is 10.0 Å². The second-order valence-electron chi connectivity index (χ2n) is 3.71. The molecule has 0 saturated carbocycles. The fourth-order valence-electron chi connectivity index (χ4n) is 1.33. The van der Waals surface area contributed by atoms with Gasteiger partial charge in [0.15, 0.2) is 0 Å². The number of hydrogen-bond donors (Lipinski definition) is 2. The summed E-state index contributed by atoms with van der Waals surface area (Å²) in [6.45, 7) is -0.193. The number of rotatable bonds is 7. The molecule has 18 heavy (non-hydrogen) atoms. The fourth-order valence-corrected chi connectivity index (χ4v) is 2.35. The molecule has 1 aromatic carbocycles. The van der Waals surface area contributed by atoms with Crippen LogP contribution in [-0.2, 0) is 14.8 Å². The maximum atomic E-state index is 11.7.